The summed E-state index contributed by atoms with van der Waals surface area (Å²) in [5, 5.41) is 0. The Balaban J connectivity index is 0. The van der Waals surface area contributed by atoms with Gasteiger partial charge >= 0.3 is 72.1 Å². The smallest absolute Gasteiger partial charge is 0.0832 e. The maximum absolute atomic E-state index is 4.26. The van der Waals surface area contributed by atoms with Crippen molar-refractivity contribution >= 4 is 23.7 Å². The van der Waals surface area contributed by atoms with E-state index in [2.05, 4.69) is 69.1 Å². The van der Waals surface area contributed by atoms with Gasteiger partial charge in [-0.2, -0.15) is 3.84 Å². The minimum Gasteiger partial charge on any atom is -0.166 e. The second kappa shape index (κ2) is 9.80. The Kier molecular flexibility index (Phi) is 12.6. The molecule has 0 bridgehead atoms. The van der Waals surface area contributed by atoms with Crippen LogP contribution < -0.4 is 0 Å². The van der Waals surface area contributed by atoms with E-state index in [0.717, 1.165) is 12.7 Å². The van der Waals surface area contributed by atoms with Crippen LogP contribution in [0.4, 0.5) is 0 Å². The third-order valence-corrected chi connectivity index (χ3v) is 8.25. The number of hydrogen-bond donors (Lipinski definition) is 0. The summed E-state index contributed by atoms with van der Waals surface area (Å²) in [6.45, 7) is 14.4. The third-order valence-electron chi connectivity index (χ3n) is 2.00. The van der Waals surface area contributed by atoms with Crippen molar-refractivity contribution < 1.29 is 21.7 Å². The number of hydrogen-bond acceptors (Lipinski definition) is 1. The Morgan fingerprint density at radius 1 is 0.769 bits per heavy atom. The van der Waals surface area contributed by atoms with Crippen LogP contribution in [-0.2, 0) is 21.7 Å². The normalized spacial score (nSPS) is 10.4. The van der Waals surface area contributed by atoms with Crippen molar-refractivity contribution in [3.05, 3.63) is 0 Å². The molecule has 0 aliphatic rings. The molecule has 0 N–H and O–H groups in total. The van der Waals surface area contributed by atoms with Crippen LogP contribution in [0.1, 0.15) is 41.5 Å². The average Bonchev–Trinajstić information content (AvgIpc) is 1.84. The first-order valence-corrected chi connectivity index (χ1v) is 7.96. The third kappa shape index (κ3) is 9.56. The number of halogens is 2. The molecule has 0 aliphatic heterocycles. The van der Waals surface area contributed by atoms with Crippen molar-refractivity contribution in [3.8, 4) is 0 Å². The molecule has 0 amide bonds. The SMILES string of the molecule is C[CH](C)[Ti]([CH](C)C)[CH](C)C.ClOCl. The van der Waals surface area contributed by atoms with Gasteiger partial charge in [0.1, 0.15) is 0 Å². The average molecular weight is 264 g/mol. The van der Waals surface area contributed by atoms with E-state index >= 15 is 0 Å². The van der Waals surface area contributed by atoms with Crippen LogP contribution in [0.5, 0.6) is 0 Å². The van der Waals surface area contributed by atoms with Gasteiger partial charge < -0.3 is 0 Å². The van der Waals surface area contributed by atoms with Crippen LogP contribution in [0, 0.1) is 0 Å². The predicted octanol–water partition coefficient (Wildman–Crippen LogP) is 5.40. The van der Waals surface area contributed by atoms with E-state index in [9.17, 15) is 0 Å². The molecule has 0 aromatic rings. The molecular weight excluding hydrogens is 243 g/mol. The first-order chi connectivity index (χ1) is 5.88. The fourth-order valence-corrected chi connectivity index (χ4v) is 8.25. The molecule has 0 spiro atoms. The molecule has 81 valence electrons. The second-order valence-electron chi connectivity index (χ2n) is 4.02. The standard InChI is InChI=1S/3C3H7.Cl2O.Ti/c4*1-3-2;/h3*3H,1-2H3;;. The molecule has 0 atom stereocenters. The van der Waals surface area contributed by atoms with Crippen molar-refractivity contribution in [1.82, 2.24) is 0 Å². The molecular formula is C9H21Cl2OTi. The van der Waals surface area contributed by atoms with E-state index in [1.807, 2.05) is 0 Å². The Labute approximate surface area is 99.3 Å². The molecule has 4 heteroatoms. The fraction of sp³-hybridized carbons (Fsp3) is 1.00. The van der Waals surface area contributed by atoms with Gasteiger partial charge in [0.15, 0.2) is 0 Å². The Morgan fingerprint density at radius 2 is 0.923 bits per heavy atom. The molecule has 0 saturated heterocycles. The van der Waals surface area contributed by atoms with Crippen molar-refractivity contribution in [2.75, 3.05) is 0 Å². The summed E-state index contributed by atoms with van der Waals surface area (Å²) in [7, 11) is 0. The molecule has 1 nitrogen and oxygen atoms in total. The zero-order chi connectivity index (χ0) is 11.0. The van der Waals surface area contributed by atoms with Gasteiger partial charge in [-0.1, -0.05) is 0 Å². The van der Waals surface area contributed by atoms with Crippen LogP contribution in [0.25, 0.3) is 0 Å². The van der Waals surface area contributed by atoms with E-state index in [-0.39, 0.29) is 0 Å². The van der Waals surface area contributed by atoms with Crippen molar-refractivity contribution in [2.24, 2.45) is 0 Å². The quantitative estimate of drug-likeness (QED) is 0.620. The molecule has 0 aromatic heterocycles. The molecule has 0 rings (SSSR count). The maximum Gasteiger partial charge on any atom is 0.0832 e. The van der Waals surface area contributed by atoms with Gasteiger partial charge in [-0.3, -0.25) is 0 Å². The minimum atomic E-state index is -0.722. The predicted molar refractivity (Wildman–Crippen MR) is 58.1 cm³/mol. The van der Waals surface area contributed by atoms with Gasteiger partial charge in [0.25, 0.3) is 0 Å². The van der Waals surface area contributed by atoms with E-state index in [0.29, 0.717) is 0 Å². The molecule has 0 heterocycles. The Morgan fingerprint density at radius 3 is 0.923 bits per heavy atom. The first-order valence-electron chi connectivity index (χ1n) is 4.64. The summed E-state index contributed by atoms with van der Waals surface area (Å²) in [5.74, 6) is 0. The topological polar surface area (TPSA) is 9.23 Å². The first kappa shape index (κ1) is 16.7. The molecule has 0 radical (unpaired) electrons. The zero-order valence-corrected chi connectivity index (χ0v) is 12.5. The van der Waals surface area contributed by atoms with Gasteiger partial charge in [-0.05, 0) is 0 Å². The van der Waals surface area contributed by atoms with Crippen molar-refractivity contribution in [2.45, 2.75) is 54.2 Å². The molecule has 0 unspecified atom stereocenters. The van der Waals surface area contributed by atoms with E-state index in [1.165, 1.54) is 0 Å². The zero-order valence-electron chi connectivity index (χ0n) is 9.40. The summed E-state index contributed by atoms with van der Waals surface area (Å²) in [6, 6.07) is 0. The van der Waals surface area contributed by atoms with Gasteiger partial charge in [0.2, 0.25) is 0 Å². The van der Waals surface area contributed by atoms with Crippen LogP contribution in [0.15, 0.2) is 0 Å². The minimum absolute atomic E-state index is 0.722. The summed E-state index contributed by atoms with van der Waals surface area (Å²) in [6.07, 6.45) is 0. The van der Waals surface area contributed by atoms with Gasteiger partial charge in [0.05, 0.1) is 23.7 Å². The maximum atomic E-state index is 4.26. The summed E-state index contributed by atoms with van der Waals surface area (Å²) in [4.78, 5) is 0. The molecule has 0 saturated carbocycles. The van der Waals surface area contributed by atoms with E-state index in [4.69, 9.17) is 0 Å². The fourth-order valence-electron chi connectivity index (χ4n) is 2.00. The second-order valence-corrected chi connectivity index (χ2v) is 11.5. The monoisotopic (exact) mass is 263 g/mol. The largest absolute Gasteiger partial charge is 0.166 e. The van der Waals surface area contributed by atoms with Crippen LogP contribution in [0.2, 0.25) is 12.7 Å². The summed E-state index contributed by atoms with van der Waals surface area (Å²) < 4.78 is 6.19. The molecule has 0 fully saturated rings. The van der Waals surface area contributed by atoms with E-state index < -0.39 is 17.9 Å². The van der Waals surface area contributed by atoms with Gasteiger partial charge in [0, 0.05) is 0 Å². The summed E-state index contributed by atoms with van der Waals surface area (Å²) >= 11 is 7.81. The van der Waals surface area contributed by atoms with E-state index in [1.54, 1.807) is 0 Å². The Bertz CT molecular complexity index is 88.8. The Hall–Kier alpha value is 1.25. The van der Waals surface area contributed by atoms with Crippen molar-refractivity contribution in [3.63, 3.8) is 0 Å². The van der Waals surface area contributed by atoms with Crippen LogP contribution in [-0.4, -0.2) is 0 Å². The van der Waals surface area contributed by atoms with Gasteiger partial charge in [-0.15, -0.1) is 0 Å². The molecule has 0 aliphatic carbocycles. The molecule has 0 aromatic carbocycles. The van der Waals surface area contributed by atoms with Crippen molar-refractivity contribution in [1.29, 1.82) is 0 Å². The van der Waals surface area contributed by atoms with Crippen LogP contribution in [0.3, 0.4) is 0 Å². The summed E-state index contributed by atoms with van der Waals surface area (Å²) in [5.41, 5.74) is 0. The van der Waals surface area contributed by atoms with Crippen LogP contribution >= 0.6 is 23.7 Å². The van der Waals surface area contributed by atoms with Gasteiger partial charge in [-0.25, -0.2) is 0 Å². The molecule has 13 heavy (non-hydrogen) atoms. The number of rotatable bonds is 3.